The molecule has 1 radical (unpaired) electrons. The topological polar surface area (TPSA) is 12.9 Å². The Morgan fingerprint density at radius 1 is 1.27 bits per heavy atom. The number of aryl methyl sites for hydroxylation is 1. The van der Waals surface area contributed by atoms with Crippen LogP contribution < -0.4 is 0 Å². The number of hydrogen-bond acceptors (Lipinski definition) is 1. The summed E-state index contributed by atoms with van der Waals surface area (Å²) in [7, 11) is 0. The molecule has 15 heavy (non-hydrogen) atoms. The van der Waals surface area contributed by atoms with Crippen molar-refractivity contribution in [3.63, 3.8) is 0 Å². The predicted molar refractivity (Wildman–Crippen MR) is 53.2 cm³/mol. The molecule has 0 saturated carbocycles. The quantitative estimate of drug-likeness (QED) is 0.696. The van der Waals surface area contributed by atoms with Crippen LogP contribution in [0.2, 0.25) is 0 Å². The first-order valence-corrected chi connectivity index (χ1v) is 4.36. The minimum atomic E-state index is -0.276. The van der Waals surface area contributed by atoms with Gasteiger partial charge in [-0.2, -0.15) is 0 Å². The second-order valence-corrected chi connectivity index (χ2v) is 3.09. The Bertz CT molecular complexity index is 440. The predicted octanol–water partition coefficient (Wildman–Crippen LogP) is 2.99. The molecule has 0 N–H and O–H groups in total. The van der Waals surface area contributed by atoms with Gasteiger partial charge in [-0.15, -0.1) is 29.8 Å². The van der Waals surface area contributed by atoms with Crippen molar-refractivity contribution in [2.24, 2.45) is 0 Å². The maximum atomic E-state index is 12.7. The number of pyridine rings is 1. The van der Waals surface area contributed by atoms with E-state index in [0.29, 0.717) is 0 Å². The Hall–Kier alpha value is -1.05. The second kappa shape index (κ2) is 5.15. The van der Waals surface area contributed by atoms with Crippen molar-refractivity contribution in [3.05, 3.63) is 54.0 Å². The van der Waals surface area contributed by atoms with Gasteiger partial charge in [0.25, 0.3) is 0 Å². The Kier molecular flexibility index (Phi) is 4.13. The van der Waals surface area contributed by atoms with E-state index in [2.05, 4.69) is 11.1 Å². The van der Waals surface area contributed by atoms with Crippen molar-refractivity contribution in [2.45, 2.75) is 6.92 Å². The van der Waals surface area contributed by atoms with Crippen LogP contribution in [-0.2, 0) is 20.1 Å². The van der Waals surface area contributed by atoms with E-state index >= 15 is 0 Å². The van der Waals surface area contributed by atoms with Crippen molar-refractivity contribution < 1.29 is 24.5 Å². The zero-order valence-corrected chi connectivity index (χ0v) is 10.5. The molecule has 3 heteroatoms. The molecule has 0 aliphatic heterocycles. The molecule has 0 atom stereocenters. The average Bonchev–Trinajstić information content (AvgIpc) is 2.20. The van der Waals surface area contributed by atoms with Crippen LogP contribution in [0.1, 0.15) is 5.56 Å². The SMILES string of the molecule is Cc1cccnc1-c1[c-]cc(F)cc1.[Ir]. The Balaban J connectivity index is 0.00000112. The fourth-order valence-corrected chi connectivity index (χ4v) is 1.32. The van der Waals surface area contributed by atoms with Crippen LogP contribution in [0.25, 0.3) is 11.3 Å². The minimum Gasteiger partial charge on any atom is -0.304 e. The van der Waals surface area contributed by atoms with E-state index in [4.69, 9.17) is 0 Å². The zero-order chi connectivity index (χ0) is 9.97. The Labute approximate surface area is 102 Å². The molecule has 0 unspecified atom stereocenters. The smallest absolute Gasteiger partial charge is 0.0379 e. The number of aromatic nitrogens is 1. The third kappa shape index (κ3) is 2.71. The van der Waals surface area contributed by atoms with Gasteiger partial charge in [0, 0.05) is 32.1 Å². The fraction of sp³-hybridized carbons (Fsp3) is 0.0833. The third-order valence-corrected chi connectivity index (χ3v) is 2.04. The molecule has 1 aromatic heterocycles. The van der Waals surface area contributed by atoms with Crippen LogP contribution in [0.3, 0.4) is 0 Å². The molecule has 1 heterocycles. The van der Waals surface area contributed by atoms with Crippen molar-refractivity contribution in [1.29, 1.82) is 0 Å². The fourth-order valence-electron chi connectivity index (χ4n) is 1.32. The summed E-state index contributed by atoms with van der Waals surface area (Å²) in [6.45, 7) is 1.97. The molecule has 0 aliphatic carbocycles. The summed E-state index contributed by atoms with van der Waals surface area (Å²) >= 11 is 0. The van der Waals surface area contributed by atoms with Gasteiger partial charge in [-0.25, -0.2) is 0 Å². The Morgan fingerprint density at radius 3 is 2.67 bits per heavy atom. The summed E-state index contributed by atoms with van der Waals surface area (Å²) in [5.74, 6) is -0.276. The molecule has 0 amide bonds. The van der Waals surface area contributed by atoms with Gasteiger partial charge < -0.3 is 4.98 Å². The summed E-state index contributed by atoms with van der Waals surface area (Å²) in [5, 5.41) is 0. The summed E-state index contributed by atoms with van der Waals surface area (Å²) in [4.78, 5) is 4.22. The van der Waals surface area contributed by atoms with E-state index in [9.17, 15) is 4.39 Å². The van der Waals surface area contributed by atoms with E-state index in [-0.39, 0.29) is 25.9 Å². The minimum absolute atomic E-state index is 0. The van der Waals surface area contributed by atoms with Crippen molar-refractivity contribution in [3.8, 4) is 11.3 Å². The molecule has 0 saturated heterocycles. The van der Waals surface area contributed by atoms with Crippen LogP contribution in [0.15, 0.2) is 36.5 Å². The molecular weight excluding hydrogens is 369 g/mol. The average molecular weight is 378 g/mol. The van der Waals surface area contributed by atoms with Crippen LogP contribution in [0.4, 0.5) is 4.39 Å². The maximum absolute atomic E-state index is 12.7. The first-order valence-electron chi connectivity index (χ1n) is 4.36. The largest absolute Gasteiger partial charge is 0.304 e. The van der Waals surface area contributed by atoms with E-state index < -0.39 is 0 Å². The molecule has 1 nitrogen and oxygen atoms in total. The molecule has 1 aromatic carbocycles. The maximum Gasteiger partial charge on any atom is 0.0379 e. The van der Waals surface area contributed by atoms with Gasteiger partial charge in [-0.3, -0.25) is 4.39 Å². The monoisotopic (exact) mass is 379 g/mol. The summed E-state index contributed by atoms with van der Waals surface area (Å²) in [6.07, 6.45) is 1.72. The van der Waals surface area contributed by atoms with Crippen molar-refractivity contribution in [1.82, 2.24) is 4.98 Å². The molecule has 2 rings (SSSR count). The van der Waals surface area contributed by atoms with Crippen molar-refractivity contribution >= 4 is 0 Å². The van der Waals surface area contributed by atoms with Gasteiger partial charge >= 0.3 is 0 Å². The van der Waals surface area contributed by atoms with Gasteiger partial charge in [-0.05, 0) is 18.7 Å². The van der Waals surface area contributed by atoms with Gasteiger partial charge in [0.1, 0.15) is 0 Å². The van der Waals surface area contributed by atoms with Gasteiger partial charge in [0.2, 0.25) is 0 Å². The van der Waals surface area contributed by atoms with E-state index in [1.54, 1.807) is 12.3 Å². The van der Waals surface area contributed by atoms with Crippen LogP contribution in [0.5, 0.6) is 0 Å². The molecule has 0 bridgehead atoms. The second-order valence-electron chi connectivity index (χ2n) is 3.09. The zero-order valence-electron chi connectivity index (χ0n) is 8.12. The third-order valence-electron chi connectivity index (χ3n) is 2.04. The molecular formula is C12H9FIrN-. The summed E-state index contributed by atoms with van der Waals surface area (Å²) in [6, 6.07) is 11.1. The number of hydrogen-bond donors (Lipinski definition) is 0. The molecule has 0 aliphatic rings. The summed E-state index contributed by atoms with van der Waals surface area (Å²) < 4.78 is 12.7. The number of halogens is 1. The molecule has 79 valence electrons. The number of benzene rings is 1. The molecule has 0 spiro atoms. The van der Waals surface area contributed by atoms with E-state index in [1.165, 1.54) is 12.1 Å². The first kappa shape index (κ1) is 12.0. The van der Waals surface area contributed by atoms with Gasteiger partial charge in [0.15, 0.2) is 0 Å². The van der Waals surface area contributed by atoms with Gasteiger partial charge in [-0.1, -0.05) is 11.6 Å². The van der Waals surface area contributed by atoms with Crippen molar-refractivity contribution in [2.75, 3.05) is 0 Å². The molecule has 2 aromatic rings. The van der Waals surface area contributed by atoms with Crippen LogP contribution >= 0.6 is 0 Å². The number of nitrogens with zero attached hydrogens (tertiary/aromatic N) is 1. The molecule has 0 fully saturated rings. The summed E-state index contributed by atoms with van der Waals surface area (Å²) in [5.41, 5.74) is 2.74. The van der Waals surface area contributed by atoms with E-state index in [1.807, 2.05) is 19.1 Å². The number of rotatable bonds is 1. The van der Waals surface area contributed by atoms with Crippen LogP contribution in [0, 0.1) is 18.8 Å². The standard InChI is InChI=1S/C12H9FN.Ir/c1-9-3-2-8-14-12(9)10-4-6-11(13)7-5-10;/h2-4,6-8H,1H3;/q-1;. The van der Waals surface area contributed by atoms with Gasteiger partial charge in [0.05, 0.1) is 0 Å². The normalized spacial score (nSPS) is 9.47. The first-order chi connectivity index (χ1) is 6.77. The van der Waals surface area contributed by atoms with E-state index in [0.717, 1.165) is 16.8 Å². The van der Waals surface area contributed by atoms with Crippen LogP contribution in [-0.4, -0.2) is 4.98 Å². The Morgan fingerprint density at radius 2 is 2.07 bits per heavy atom.